The van der Waals surface area contributed by atoms with Gasteiger partial charge in [0.05, 0.1) is 11.0 Å². The summed E-state index contributed by atoms with van der Waals surface area (Å²) in [6, 6.07) is 6.91. The van der Waals surface area contributed by atoms with E-state index in [9.17, 15) is 13.2 Å². The van der Waals surface area contributed by atoms with Crippen LogP contribution in [0.5, 0.6) is 0 Å². The molecule has 2 N–H and O–H groups in total. The van der Waals surface area contributed by atoms with Crippen LogP contribution in [-0.2, 0) is 13.0 Å². The van der Waals surface area contributed by atoms with E-state index < -0.39 is 12.7 Å². The summed E-state index contributed by atoms with van der Waals surface area (Å²) in [5.74, 6) is 0.748. The molecule has 0 spiro atoms. The summed E-state index contributed by atoms with van der Waals surface area (Å²) in [5, 5.41) is 0. The minimum Gasteiger partial charge on any atom is -0.330 e. The molecule has 1 aromatic heterocycles. The second kappa shape index (κ2) is 5.83. The summed E-state index contributed by atoms with van der Waals surface area (Å²) < 4.78 is 39.4. The Balaban J connectivity index is 2.34. The van der Waals surface area contributed by atoms with Crippen molar-refractivity contribution in [2.45, 2.75) is 32.5 Å². The SMILES string of the molecule is CC(CN)CCc1nc2ccccc2n1CC(F)(F)F. The monoisotopic (exact) mass is 285 g/mol. The molecule has 2 rings (SSSR count). The third-order valence-corrected chi connectivity index (χ3v) is 3.33. The van der Waals surface area contributed by atoms with E-state index in [1.807, 2.05) is 6.92 Å². The molecule has 0 saturated heterocycles. The lowest BCUT2D eigenvalue weighted by Gasteiger charge is -2.13. The van der Waals surface area contributed by atoms with Crippen molar-refractivity contribution in [2.24, 2.45) is 11.7 Å². The molecule has 2 aromatic rings. The molecule has 3 nitrogen and oxygen atoms in total. The van der Waals surface area contributed by atoms with E-state index in [-0.39, 0.29) is 5.92 Å². The van der Waals surface area contributed by atoms with Crippen molar-refractivity contribution in [3.05, 3.63) is 30.1 Å². The first-order chi connectivity index (χ1) is 9.40. The van der Waals surface area contributed by atoms with Crippen LogP contribution in [0.2, 0.25) is 0 Å². The first kappa shape index (κ1) is 14.8. The fourth-order valence-corrected chi connectivity index (χ4v) is 2.17. The van der Waals surface area contributed by atoms with Gasteiger partial charge in [-0.1, -0.05) is 19.1 Å². The van der Waals surface area contributed by atoms with Gasteiger partial charge in [-0.05, 0) is 31.0 Å². The van der Waals surface area contributed by atoms with Crippen molar-refractivity contribution in [1.82, 2.24) is 9.55 Å². The van der Waals surface area contributed by atoms with E-state index in [4.69, 9.17) is 5.73 Å². The molecule has 0 amide bonds. The lowest BCUT2D eigenvalue weighted by molar-refractivity contribution is -0.140. The molecule has 1 heterocycles. The van der Waals surface area contributed by atoms with Gasteiger partial charge in [-0.2, -0.15) is 13.2 Å². The van der Waals surface area contributed by atoms with Crippen LogP contribution in [0.15, 0.2) is 24.3 Å². The third-order valence-electron chi connectivity index (χ3n) is 3.33. The van der Waals surface area contributed by atoms with Crippen LogP contribution in [0.3, 0.4) is 0 Å². The minimum atomic E-state index is -4.25. The zero-order valence-corrected chi connectivity index (χ0v) is 11.3. The number of aryl methyl sites for hydroxylation is 1. The van der Waals surface area contributed by atoms with Gasteiger partial charge in [-0.25, -0.2) is 4.98 Å². The number of halogens is 3. The maximum Gasteiger partial charge on any atom is 0.406 e. The van der Waals surface area contributed by atoms with E-state index in [2.05, 4.69) is 4.98 Å². The number of rotatable bonds is 5. The van der Waals surface area contributed by atoms with Crippen molar-refractivity contribution in [2.75, 3.05) is 6.54 Å². The molecule has 1 atom stereocenters. The van der Waals surface area contributed by atoms with Gasteiger partial charge < -0.3 is 10.3 Å². The fraction of sp³-hybridized carbons (Fsp3) is 0.500. The summed E-state index contributed by atoms with van der Waals surface area (Å²) in [4.78, 5) is 4.33. The van der Waals surface area contributed by atoms with Crippen molar-refractivity contribution in [1.29, 1.82) is 0 Å². The summed E-state index contributed by atoms with van der Waals surface area (Å²) in [6.07, 6.45) is -3.02. The maximum atomic E-state index is 12.7. The minimum absolute atomic E-state index is 0.272. The smallest absolute Gasteiger partial charge is 0.330 e. The maximum absolute atomic E-state index is 12.7. The molecule has 6 heteroatoms. The molecule has 0 radical (unpaired) electrons. The molecule has 110 valence electrons. The summed E-state index contributed by atoms with van der Waals surface area (Å²) in [7, 11) is 0. The van der Waals surface area contributed by atoms with Gasteiger partial charge in [0.15, 0.2) is 0 Å². The van der Waals surface area contributed by atoms with Crippen molar-refractivity contribution >= 4 is 11.0 Å². The lowest BCUT2D eigenvalue weighted by atomic mass is 10.1. The second-order valence-corrected chi connectivity index (χ2v) is 5.10. The van der Waals surface area contributed by atoms with Crippen LogP contribution in [0, 0.1) is 5.92 Å². The average molecular weight is 285 g/mol. The van der Waals surface area contributed by atoms with Gasteiger partial charge in [0.1, 0.15) is 12.4 Å². The molecular weight excluding hydrogens is 267 g/mol. The number of benzene rings is 1. The number of imidazole rings is 1. The molecule has 1 aromatic carbocycles. The quantitative estimate of drug-likeness (QED) is 0.917. The number of hydrogen-bond donors (Lipinski definition) is 1. The molecule has 0 saturated carbocycles. The topological polar surface area (TPSA) is 43.8 Å². The van der Waals surface area contributed by atoms with Crippen LogP contribution in [0.1, 0.15) is 19.2 Å². The molecule has 0 fully saturated rings. The second-order valence-electron chi connectivity index (χ2n) is 5.10. The predicted molar refractivity (Wildman–Crippen MR) is 72.3 cm³/mol. The molecule has 20 heavy (non-hydrogen) atoms. The molecule has 1 unspecified atom stereocenters. The van der Waals surface area contributed by atoms with Crippen molar-refractivity contribution in [3.8, 4) is 0 Å². The fourth-order valence-electron chi connectivity index (χ4n) is 2.17. The Morgan fingerprint density at radius 3 is 2.65 bits per heavy atom. The standard InChI is InChI=1S/C14H18F3N3/c1-10(8-18)6-7-13-19-11-4-2-3-5-12(11)20(13)9-14(15,16)17/h2-5,10H,6-9,18H2,1H3. The number of para-hydroxylation sites is 2. The normalized spacial score (nSPS) is 13.8. The van der Waals surface area contributed by atoms with E-state index in [0.717, 1.165) is 6.42 Å². The molecule has 0 aliphatic rings. The lowest BCUT2D eigenvalue weighted by Crippen LogP contribution is -2.20. The number of fused-ring (bicyclic) bond motifs is 1. The third kappa shape index (κ3) is 3.50. The van der Waals surface area contributed by atoms with Gasteiger partial charge >= 0.3 is 6.18 Å². The molecule has 0 bridgehead atoms. The predicted octanol–water partition coefficient (Wildman–Crippen LogP) is 3.13. The largest absolute Gasteiger partial charge is 0.406 e. The number of hydrogen-bond acceptors (Lipinski definition) is 2. The Kier molecular flexibility index (Phi) is 4.32. The van der Waals surface area contributed by atoms with Crippen LogP contribution in [-0.4, -0.2) is 22.3 Å². The van der Waals surface area contributed by atoms with Gasteiger partial charge in [0.2, 0.25) is 0 Å². The first-order valence-corrected chi connectivity index (χ1v) is 6.61. The summed E-state index contributed by atoms with van der Waals surface area (Å²) >= 11 is 0. The number of alkyl halides is 3. The number of aromatic nitrogens is 2. The highest BCUT2D eigenvalue weighted by Gasteiger charge is 2.30. The molecule has 0 aliphatic carbocycles. The Hall–Kier alpha value is -1.56. The van der Waals surface area contributed by atoms with Crippen molar-refractivity contribution in [3.63, 3.8) is 0 Å². The summed E-state index contributed by atoms with van der Waals surface area (Å²) in [6.45, 7) is 1.51. The first-order valence-electron chi connectivity index (χ1n) is 6.61. The zero-order chi connectivity index (χ0) is 14.8. The number of nitrogens with two attached hydrogens (primary N) is 1. The van der Waals surface area contributed by atoms with E-state index in [0.29, 0.717) is 29.8 Å². The van der Waals surface area contributed by atoms with Gasteiger partial charge in [0, 0.05) is 6.42 Å². The number of nitrogens with zero attached hydrogens (tertiary/aromatic N) is 2. The Morgan fingerprint density at radius 2 is 2.00 bits per heavy atom. The summed E-state index contributed by atoms with van der Waals surface area (Å²) in [5.41, 5.74) is 6.68. The Morgan fingerprint density at radius 1 is 1.30 bits per heavy atom. The van der Waals surface area contributed by atoms with Crippen LogP contribution in [0.4, 0.5) is 13.2 Å². The highest BCUT2D eigenvalue weighted by Crippen LogP contribution is 2.24. The van der Waals surface area contributed by atoms with Crippen LogP contribution >= 0.6 is 0 Å². The Labute approximate surface area is 115 Å². The van der Waals surface area contributed by atoms with Gasteiger partial charge in [-0.3, -0.25) is 0 Å². The highest BCUT2D eigenvalue weighted by molar-refractivity contribution is 5.75. The van der Waals surface area contributed by atoms with E-state index >= 15 is 0 Å². The van der Waals surface area contributed by atoms with Gasteiger partial charge in [0.25, 0.3) is 0 Å². The average Bonchev–Trinajstić information content (AvgIpc) is 2.72. The van der Waals surface area contributed by atoms with Crippen molar-refractivity contribution < 1.29 is 13.2 Å². The molecular formula is C14H18F3N3. The highest BCUT2D eigenvalue weighted by atomic mass is 19.4. The zero-order valence-electron chi connectivity index (χ0n) is 11.3. The van der Waals surface area contributed by atoms with E-state index in [1.54, 1.807) is 24.3 Å². The van der Waals surface area contributed by atoms with Crippen LogP contribution < -0.4 is 5.73 Å². The molecule has 0 aliphatic heterocycles. The van der Waals surface area contributed by atoms with E-state index in [1.165, 1.54) is 4.57 Å². The van der Waals surface area contributed by atoms with Gasteiger partial charge in [-0.15, -0.1) is 0 Å². The van der Waals surface area contributed by atoms with Crippen LogP contribution in [0.25, 0.3) is 11.0 Å². The Bertz CT molecular complexity index is 575.